The number of nitrogens with zero attached hydrogens (tertiary/aromatic N) is 2. The Balaban J connectivity index is 1.58. The van der Waals surface area contributed by atoms with Gasteiger partial charge in [-0.25, -0.2) is 9.79 Å². The minimum atomic E-state index is -0.865. The number of esters is 1. The SMILES string of the molecule is CCCC1=C(C(=O)OCC)[C@@H](c2cc(Cl)ccc2OC)n2c(s/c(=C/c3c(OCc4ccc(Cl)cc4)ccc4ccccc34)c2=O)=N1. The van der Waals surface area contributed by atoms with Crippen LogP contribution in [0.5, 0.6) is 11.5 Å². The van der Waals surface area contributed by atoms with Gasteiger partial charge in [-0.2, -0.15) is 0 Å². The maximum Gasteiger partial charge on any atom is 0.338 e. The van der Waals surface area contributed by atoms with Gasteiger partial charge in [0.2, 0.25) is 0 Å². The van der Waals surface area contributed by atoms with Crippen LogP contribution in [0, 0.1) is 0 Å². The van der Waals surface area contributed by atoms with E-state index in [0.717, 1.165) is 28.3 Å². The molecule has 47 heavy (non-hydrogen) atoms. The lowest BCUT2D eigenvalue weighted by atomic mass is 9.93. The van der Waals surface area contributed by atoms with Crippen molar-refractivity contribution < 1.29 is 19.0 Å². The Labute approximate surface area is 286 Å². The van der Waals surface area contributed by atoms with Crippen LogP contribution < -0.4 is 24.4 Å². The average Bonchev–Trinajstić information content (AvgIpc) is 3.38. The Kier molecular flexibility index (Phi) is 9.82. The van der Waals surface area contributed by atoms with Gasteiger partial charge in [0.25, 0.3) is 5.56 Å². The lowest BCUT2D eigenvalue weighted by Crippen LogP contribution is -2.40. The van der Waals surface area contributed by atoms with Crippen molar-refractivity contribution in [1.82, 2.24) is 4.57 Å². The number of halogens is 2. The van der Waals surface area contributed by atoms with Crippen molar-refractivity contribution in [3.05, 3.63) is 137 Å². The molecule has 10 heteroatoms. The molecule has 0 radical (unpaired) electrons. The van der Waals surface area contributed by atoms with Gasteiger partial charge in [0.05, 0.1) is 29.5 Å². The largest absolute Gasteiger partial charge is 0.496 e. The van der Waals surface area contributed by atoms with Crippen LogP contribution in [0.15, 0.2) is 99.9 Å². The second-order valence-corrected chi connectivity index (χ2v) is 12.8. The summed E-state index contributed by atoms with van der Waals surface area (Å²) >= 11 is 13.8. The van der Waals surface area contributed by atoms with Gasteiger partial charge in [0.1, 0.15) is 24.1 Å². The molecule has 240 valence electrons. The van der Waals surface area contributed by atoms with Crippen LogP contribution in [-0.2, 0) is 16.1 Å². The first-order valence-electron chi connectivity index (χ1n) is 15.3. The molecule has 0 aliphatic carbocycles. The van der Waals surface area contributed by atoms with E-state index in [2.05, 4.69) is 0 Å². The normalized spacial score (nSPS) is 14.6. The second-order valence-electron chi connectivity index (χ2n) is 10.9. The Bertz CT molecular complexity index is 2190. The number of benzene rings is 4. The molecule has 0 amide bonds. The van der Waals surface area contributed by atoms with Crippen molar-refractivity contribution in [2.45, 2.75) is 39.3 Å². The highest BCUT2D eigenvalue weighted by Gasteiger charge is 2.36. The van der Waals surface area contributed by atoms with Crippen LogP contribution in [0.25, 0.3) is 16.8 Å². The van der Waals surface area contributed by atoms with E-state index in [1.165, 1.54) is 11.3 Å². The van der Waals surface area contributed by atoms with Gasteiger partial charge in [-0.15, -0.1) is 0 Å². The fourth-order valence-electron chi connectivity index (χ4n) is 5.76. The minimum Gasteiger partial charge on any atom is -0.496 e. The average molecular weight is 688 g/mol. The van der Waals surface area contributed by atoms with Crippen molar-refractivity contribution >= 4 is 57.4 Å². The Morgan fingerprint density at radius 1 is 0.979 bits per heavy atom. The van der Waals surface area contributed by atoms with Gasteiger partial charge in [0.15, 0.2) is 4.80 Å². The summed E-state index contributed by atoms with van der Waals surface area (Å²) in [6, 6.07) is 23.7. The first-order chi connectivity index (χ1) is 22.8. The van der Waals surface area contributed by atoms with Crippen molar-refractivity contribution in [2.75, 3.05) is 13.7 Å². The quantitative estimate of drug-likeness (QED) is 0.141. The third-order valence-corrected chi connectivity index (χ3v) is 9.36. The van der Waals surface area contributed by atoms with Crippen LogP contribution in [0.1, 0.15) is 49.4 Å². The molecular weight excluding hydrogens is 655 g/mol. The number of thiazole rings is 1. The topological polar surface area (TPSA) is 79.1 Å². The van der Waals surface area contributed by atoms with Crippen LogP contribution >= 0.6 is 34.5 Å². The summed E-state index contributed by atoms with van der Waals surface area (Å²) in [4.78, 5) is 33.5. The standard InChI is InChI=1S/C37H32Cl2N2O5S/c1-4-8-29-33(36(43)45-5-2)34(28-19-25(39)16-18-30(28)44-3)41-35(42)32(47-37(41)40-29)20-27-26-10-7-6-9-23(26)13-17-31(27)46-21-22-11-14-24(38)15-12-22/h6-7,9-20,34H,4-5,8,21H2,1-3H3/b32-20+/t34-/m1/s1. The molecule has 0 saturated heterocycles. The molecule has 1 atom stereocenters. The van der Waals surface area contributed by atoms with E-state index in [1.54, 1.807) is 36.8 Å². The molecular formula is C37H32Cl2N2O5S. The van der Waals surface area contributed by atoms with Crippen LogP contribution in [0.3, 0.4) is 0 Å². The zero-order chi connectivity index (χ0) is 33.1. The summed E-state index contributed by atoms with van der Waals surface area (Å²) in [7, 11) is 1.54. The van der Waals surface area contributed by atoms with Gasteiger partial charge in [-0.1, -0.05) is 90.3 Å². The molecule has 1 aliphatic rings. The highest BCUT2D eigenvalue weighted by molar-refractivity contribution is 7.07. The molecule has 2 heterocycles. The van der Waals surface area contributed by atoms with E-state index in [4.69, 9.17) is 42.4 Å². The third kappa shape index (κ3) is 6.59. The summed E-state index contributed by atoms with van der Waals surface area (Å²) in [6.45, 7) is 4.25. The maximum atomic E-state index is 14.5. The lowest BCUT2D eigenvalue weighted by molar-refractivity contribution is -0.139. The molecule has 7 nitrogen and oxygen atoms in total. The van der Waals surface area contributed by atoms with Crippen LogP contribution in [0.2, 0.25) is 10.0 Å². The molecule has 0 N–H and O–H groups in total. The molecule has 0 saturated carbocycles. The predicted octanol–water partition coefficient (Wildman–Crippen LogP) is 7.63. The zero-order valence-electron chi connectivity index (χ0n) is 26.1. The van der Waals surface area contributed by atoms with Crippen molar-refractivity contribution in [2.24, 2.45) is 4.99 Å². The minimum absolute atomic E-state index is 0.172. The number of rotatable bonds is 10. The number of ether oxygens (including phenoxy) is 3. The summed E-state index contributed by atoms with van der Waals surface area (Å²) in [5.74, 6) is 0.574. The zero-order valence-corrected chi connectivity index (χ0v) is 28.4. The summed E-state index contributed by atoms with van der Waals surface area (Å²) in [6.07, 6.45) is 3.11. The van der Waals surface area contributed by atoms with E-state index in [9.17, 15) is 9.59 Å². The summed E-state index contributed by atoms with van der Waals surface area (Å²) in [5, 5.41) is 3.02. The van der Waals surface area contributed by atoms with E-state index in [0.29, 0.717) is 60.7 Å². The number of allylic oxidation sites excluding steroid dienone is 1. The Morgan fingerprint density at radius 2 is 1.72 bits per heavy atom. The number of carbonyl (C=O) groups excluding carboxylic acids is 1. The molecule has 1 aliphatic heterocycles. The van der Waals surface area contributed by atoms with Gasteiger partial charge in [-0.05, 0) is 72.2 Å². The number of fused-ring (bicyclic) bond motifs is 2. The van der Waals surface area contributed by atoms with E-state index < -0.39 is 12.0 Å². The number of aromatic nitrogens is 1. The fourth-order valence-corrected chi connectivity index (χ4v) is 7.07. The molecule has 0 bridgehead atoms. The first kappa shape index (κ1) is 32.6. The van der Waals surface area contributed by atoms with E-state index in [1.807, 2.05) is 73.7 Å². The maximum absolute atomic E-state index is 14.5. The van der Waals surface area contributed by atoms with Crippen molar-refractivity contribution in [3.63, 3.8) is 0 Å². The molecule has 6 rings (SSSR count). The monoisotopic (exact) mass is 686 g/mol. The van der Waals surface area contributed by atoms with Gasteiger partial charge < -0.3 is 14.2 Å². The van der Waals surface area contributed by atoms with Crippen molar-refractivity contribution in [3.8, 4) is 11.5 Å². The smallest absolute Gasteiger partial charge is 0.338 e. The van der Waals surface area contributed by atoms with Gasteiger partial charge in [-0.3, -0.25) is 9.36 Å². The first-order valence-corrected chi connectivity index (χ1v) is 16.8. The van der Waals surface area contributed by atoms with Crippen LogP contribution in [0.4, 0.5) is 0 Å². The lowest BCUT2D eigenvalue weighted by Gasteiger charge is -2.27. The molecule has 4 aromatic carbocycles. The number of hydrogen-bond acceptors (Lipinski definition) is 7. The molecule has 5 aromatic rings. The molecule has 0 spiro atoms. The summed E-state index contributed by atoms with van der Waals surface area (Å²) in [5.41, 5.74) is 2.84. The van der Waals surface area contributed by atoms with E-state index in [-0.39, 0.29) is 12.2 Å². The van der Waals surface area contributed by atoms with Gasteiger partial charge >= 0.3 is 5.97 Å². The Morgan fingerprint density at radius 3 is 2.47 bits per heavy atom. The highest BCUT2D eigenvalue weighted by Crippen LogP contribution is 2.38. The molecule has 0 unspecified atom stereocenters. The Hall–Kier alpha value is -4.37. The second kappa shape index (κ2) is 14.2. The van der Waals surface area contributed by atoms with Gasteiger partial charge in [0, 0.05) is 21.2 Å². The number of methoxy groups -OCH3 is 1. The number of carbonyl (C=O) groups is 1. The van der Waals surface area contributed by atoms with Crippen LogP contribution in [-0.4, -0.2) is 24.3 Å². The summed E-state index contributed by atoms with van der Waals surface area (Å²) < 4.78 is 19.6. The molecule has 1 aromatic heterocycles. The highest BCUT2D eigenvalue weighted by atomic mass is 35.5. The van der Waals surface area contributed by atoms with Crippen molar-refractivity contribution in [1.29, 1.82) is 0 Å². The number of hydrogen-bond donors (Lipinski definition) is 0. The predicted molar refractivity (Wildman–Crippen MR) is 187 cm³/mol. The fraction of sp³-hybridized carbons (Fsp3) is 0.216. The van der Waals surface area contributed by atoms with E-state index >= 15 is 0 Å². The third-order valence-electron chi connectivity index (χ3n) is 7.89. The molecule has 0 fully saturated rings.